The van der Waals surface area contributed by atoms with Gasteiger partial charge in [-0.1, -0.05) is 6.42 Å². The molecule has 14 heteroatoms. The highest BCUT2D eigenvalue weighted by atomic mass is 79.9. The molecule has 29 heavy (non-hydrogen) atoms. The van der Waals surface area contributed by atoms with Gasteiger partial charge in [-0.25, -0.2) is 0 Å². The molecule has 0 amide bonds. The Balaban J connectivity index is 0.00000392. The first kappa shape index (κ1) is 27.4. The van der Waals surface area contributed by atoms with E-state index < -0.39 is 33.7 Å². The molecule has 162 valence electrons. The van der Waals surface area contributed by atoms with Gasteiger partial charge in [-0.3, -0.25) is 24.5 Å². The van der Waals surface area contributed by atoms with Gasteiger partial charge in [0.25, 0.3) is 0 Å². The van der Waals surface area contributed by atoms with E-state index in [-0.39, 0.29) is 56.0 Å². The molecule has 0 saturated carbocycles. The van der Waals surface area contributed by atoms with Crippen molar-refractivity contribution in [3.05, 3.63) is 46.9 Å². The molecule has 0 bridgehead atoms. The number of aromatic nitrogens is 2. The van der Waals surface area contributed by atoms with Crippen molar-refractivity contribution in [3.8, 4) is 0 Å². The molecule has 2 rings (SSSR count). The number of nitro groups is 1. The fourth-order valence-electron chi connectivity index (χ4n) is 2.65. The number of hydrogen-bond donors (Lipinski definition) is 5. The number of fused-ring (bicyclic) bond motifs is 1. The molecule has 1 aromatic carbocycles. The average molecular weight is 606 g/mol. The maximum atomic E-state index is 11.7. The van der Waals surface area contributed by atoms with E-state index in [4.69, 9.17) is 5.73 Å². The fourth-order valence-corrected chi connectivity index (χ4v) is 3.27. The van der Waals surface area contributed by atoms with Crippen LogP contribution in [0.1, 0.15) is 24.8 Å². The van der Waals surface area contributed by atoms with Gasteiger partial charge in [0.1, 0.15) is 11.6 Å². The SMILES string of the molecule is Br.Br.NCCCC[C@H](NCc1cc(Br)c([N+](=O)[O-])c2[nH]c(=O)c(=O)[nH]c12)C(=O)O. The lowest BCUT2D eigenvalue weighted by Gasteiger charge is -2.15. The van der Waals surface area contributed by atoms with E-state index >= 15 is 0 Å². The van der Waals surface area contributed by atoms with Gasteiger partial charge in [0.2, 0.25) is 0 Å². The van der Waals surface area contributed by atoms with E-state index in [1.165, 1.54) is 6.07 Å². The Morgan fingerprint density at radius 2 is 1.83 bits per heavy atom. The Morgan fingerprint density at radius 3 is 2.34 bits per heavy atom. The van der Waals surface area contributed by atoms with Crippen LogP contribution in [-0.2, 0) is 11.3 Å². The second-order valence-electron chi connectivity index (χ2n) is 5.84. The molecule has 0 fully saturated rings. The van der Waals surface area contributed by atoms with Crippen molar-refractivity contribution in [3.63, 3.8) is 0 Å². The number of nitrogens with two attached hydrogens (primary N) is 1. The molecule has 1 aromatic heterocycles. The Morgan fingerprint density at radius 1 is 1.24 bits per heavy atom. The number of nitrogens with zero attached hydrogens (tertiary/aromatic N) is 1. The minimum atomic E-state index is -1.04. The molecule has 0 radical (unpaired) electrons. The monoisotopic (exact) mass is 603 g/mol. The summed E-state index contributed by atoms with van der Waals surface area (Å²) in [6.07, 6.45) is 1.66. The largest absolute Gasteiger partial charge is 0.480 e. The molecule has 0 saturated heterocycles. The third-order valence-electron chi connectivity index (χ3n) is 3.98. The minimum absolute atomic E-state index is 0. The van der Waals surface area contributed by atoms with Crippen LogP contribution in [0.3, 0.4) is 0 Å². The highest BCUT2D eigenvalue weighted by Gasteiger charge is 2.23. The Hall–Kier alpha value is -1.61. The zero-order valence-electron chi connectivity index (χ0n) is 14.9. The zero-order valence-corrected chi connectivity index (χ0v) is 19.9. The summed E-state index contributed by atoms with van der Waals surface area (Å²) in [6, 6.07) is 0.551. The maximum absolute atomic E-state index is 11.7. The van der Waals surface area contributed by atoms with E-state index in [0.717, 1.165) is 0 Å². The number of aliphatic carboxylic acids is 1. The summed E-state index contributed by atoms with van der Waals surface area (Å²) in [5.74, 6) is -1.04. The topological polar surface area (TPSA) is 184 Å². The molecular formula is C15H20Br3N5O6. The van der Waals surface area contributed by atoms with E-state index in [1.807, 2.05) is 0 Å². The molecule has 0 aliphatic rings. The van der Waals surface area contributed by atoms with Gasteiger partial charge in [0, 0.05) is 6.54 Å². The Labute approximate surface area is 193 Å². The first-order valence-corrected chi connectivity index (χ1v) is 8.84. The molecule has 1 atom stereocenters. The summed E-state index contributed by atoms with van der Waals surface area (Å²) in [5.41, 5.74) is 3.33. The van der Waals surface area contributed by atoms with Crippen molar-refractivity contribution < 1.29 is 14.8 Å². The number of carboxylic acid groups (broad SMARTS) is 1. The highest BCUT2D eigenvalue weighted by Crippen LogP contribution is 2.33. The number of rotatable bonds is 9. The van der Waals surface area contributed by atoms with E-state index in [0.29, 0.717) is 31.4 Å². The molecule has 0 unspecified atom stereocenters. The third kappa shape index (κ3) is 6.70. The summed E-state index contributed by atoms with van der Waals surface area (Å²) in [7, 11) is 0. The van der Waals surface area contributed by atoms with Gasteiger partial charge >= 0.3 is 22.8 Å². The standard InChI is InChI=1S/C15H18BrN5O6.2BrH/c16-8-5-7(6-18-9(15(24)25)3-1-2-4-17)10-11(12(8)21(26)27)20-14(23)13(22)19-10;;/h5,9,18H,1-4,6,17H2,(H,19,22)(H,20,23)(H,24,25);2*1H/t9-;;/m0../s1. The quantitative estimate of drug-likeness (QED) is 0.124. The lowest BCUT2D eigenvalue weighted by Crippen LogP contribution is -2.36. The number of unbranched alkanes of at least 4 members (excludes halogenated alkanes) is 1. The molecule has 0 aliphatic heterocycles. The summed E-state index contributed by atoms with van der Waals surface area (Å²) < 4.78 is 0.0921. The number of nitrogens with one attached hydrogen (secondary N) is 3. The van der Waals surface area contributed by atoms with Gasteiger partial charge in [0.05, 0.1) is 14.9 Å². The number of carboxylic acids is 1. The summed E-state index contributed by atoms with van der Waals surface area (Å²) in [4.78, 5) is 49.8. The molecule has 2 aromatic rings. The summed E-state index contributed by atoms with van der Waals surface area (Å²) >= 11 is 3.09. The van der Waals surface area contributed by atoms with Crippen LogP contribution in [0, 0.1) is 10.1 Å². The normalized spacial score (nSPS) is 11.4. The smallest absolute Gasteiger partial charge is 0.320 e. The predicted molar refractivity (Wildman–Crippen MR) is 121 cm³/mol. The number of benzene rings is 1. The molecule has 0 spiro atoms. The molecular weight excluding hydrogens is 586 g/mol. The molecule has 1 heterocycles. The second-order valence-corrected chi connectivity index (χ2v) is 6.69. The summed E-state index contributed by atoms with van der Waals surface area (Å²) in [5, 5.41) is 23.5. The molecule has 11 nitrogen and oxygen atoms in total. The van der Waals surface area contributed by atoms with Crippen LogP contribution in [0.25, 0.3) is 11.0 Å². The lowest BCUT2D eigenvalue weighted by molar-refractivity contribution is -0.384. The summed E-state index contributed by atoms with van der Waals surface area (Å²) in [6.45, 7) is 0.468. The van der Waals surface area contributed by atoms with Crippen LogP contribution in [0.5, 0.6) is 0 Å². The number of halogens is 3. The number of aromatic amines is 2. The highest BCUT2D eigenvalue weighted by molar-refractivity contribution is 9.10. The van der Waals surface area contributed by atoms with Crippen LogP contribution >= 0.6 is 49.9 Å². The number of carbonyl (C=O) groups is 1. The van der Waals surface area contributed by atoms with Crippen LogP contribution in [0.4, 0.5) is 5.69 Å². The van der Waals surface area contributed by atoms with Crippen molar-refractivity contribution in [1.29, 1.82) is 0 Å². The van der Waals surface area contributed by atoms with Crippen LogP contribution in [-0.4, -0.2) is 38.6 Å². The van der Waals surface area contributed by atoms with Crippen LogP contribution in [0.15, 0.2) is 20.1 Å². The number of H-pyrrole nitrogens is 2. The van der Waals surface area contributed by atoms with Crippen LogP contribution in [0.2, 0.25) is 0 Å². The maximum Gasteiger partial charge on any atom is 0.320 e. The van der Waals surface area contributed by atoms with Crippen molar-refractivity contribution >= 4 is 72.6 Å². The van der Waals surface area contributed by atoms with Gasteiger partial charge in [0.15, 0.2) is 0 Å². The molecule has 0 aliphatic carbocycles. The molecule has 6 N–H and O–H groups in total. The number of hydrogen-bond acceptors (Lipinski definition) is 7. The van der Waals surface area contributed by atoms with Gasteiger partial charge in [-0.15, -0.1) is 34.0 Å². The van der Waals surface area contributed by atoms with Gasteiger partial charge in [-0.2, -0.15) is 0 Å². The fraction of sp³-hybridized carbons (Fsp3) is 0.400. The second kappa shape index (κ2) is 12.2. The number of nitro benzene ring substituents is 1. The zero-order chi connectivity index (χ0) is 20.1. The predicted octanol–water partition coefficient (Wildman–Crippen LogP) is 1.71. The van der Waals surface area contributed by atoms with Gasteiger partial charge < -0.3 is 26.1 Å². The average Bonchev–Trinajstić information content (AvgIpc) is 2.58. The Kier molecular flexibility index (Phi) is 11.5. The van der Waals surface area contributed by atoms with Crippen molar-refractivity contribution in [2.75, 3.05) is 6.54 Å². The van der Waals surface area contributed by atoms with Crippen molar-refractivity contribution in [2.45, 2.75) is 31.8 Å². The van der Waals surface area contributed by atoms with E-state index in [1.54, 1.807) is 0 Å². The first-order valence-electron chi connectivity index (χ1n) is 8.04. The Bertz CT molecular complexity index is 993. The van der Waals surface area contributed by atoms with E-state index in [2.05, 4.69) is 31.2 Å². The minimum Gasteiger partial charge on any atom is -0.480 e. The third-order valence-corrected chi connectivity index (χ3v) is 4.59. The van der Waals surface area contributed by atoms with Crippen molar-refractivity contribution in [2.24, 2.45) is 5.73 Å². The lowest BCUT2D eigenvalue weighted by atomic mass is 10.1. The van der Waals surface area contributed by atoms with Crippen LogP contribution < -0.4 is 22.2 Å². The van der Waals surface area contributed by atoms with Crippen molar-refractivity contribution in [1.82, 2.24) is 15.3 Å². The van der Waals surface area contributed by atoms with E-state index in [9.17, 15) is 29.6 Å². The first-order chi connectivity index (χ1) is 12.8. The van der Waals surface area contributed by atoms with Gasteiger partial charge in [-0.05, 0) is 46.9 Å².